The predicted octanol–water partition coefficient (Wildman–Crippen LogP) is 1.70. The Kier molecular flexibility index (Phi) is 1.99. The third-order valence-electron chi connectivity index (χ3n) is 3.20. The number of fused-ring (bicyclic) bond motifs is 3. The highest BCUT2D eigenvalue weighted by atomic mass is 15.1. The van der Waals surface area contributed by atoms with E-state index in [-0.39, 0.29) is 0 Å². The second kappa shape index (κ2) is 3.35. The second-order valence-corrected chi connectivity index (χ2v) is 3.97. The van der Waals surface area contributed by atoms with Gasteiger partial charge in [0.05, 0.1) is 0 Å². The molecule has 0 saturated heterocycles. The van der Waals surface area contributed by atoms with Crippen LogP contribution in [0.15, 0.2) is 18.3 Å². The molecule has 0 fully saturated rings. The van der Waals surface area contributed by atoms with Crippen molar-refractivity contribution in [3.63, 3.8) is 0 Å². The van der Waals surface area contributed by atoms with Crippen LogP contribution < -0.4 is 5.32 Å². The summed E-state index contributed by atoms with van der Waals surface area (Å²) in [5.74, 6) is 0. The average Bonchev–Trinajstić information content (AvgIpc) is 2.63. The van der Waals surface area contributed by atoms with Gasteiger partial charge in [-0.2, -0.15) is 0 Å². The number of aryl methyl sites for hydroxylation is 1. The Bertz CT molecular complexity index is 466. The van der Waals surface area contributed by atoms with Gasteiger partial charge in [0.2, 0.25) is 0 Å². The third kappa shape index (κ3) is 1.20. The molecule has 0 spiro atoms. The van der Waals surface area contributed by atoms with Crippen LogP contribution in [0.5, 0.6) is 0 Å². The Labute approximate surface area is 89.1 Å². The molecule has 0 radical (unpaired) electrons. The molecule has 3 nitrogen and oxygen atoms in total. The number of hydrogen-bond acceptors (Lipinski definition) is 2. The lowest BCUT2D eigenvalue weighted by Crippen LogP contribution is -2.25. The van der Waals surface area contributed by atoms with Crippen molar-refractivity contribution in [2.24, 2.45) is 0 Å². The topological polar surface area (TPSA) is 29.9 Å². The first-order valence-electron chi connectivity index (χ1n) is 5.57. The number of aromatic nitrogens is 2. The third-order valence-corrected chi connectivity index (χ3v) is 3.20. The Morgan fingerprint density at radius 3 is 3.33 bits per heavy atom. The molecule has 0 saturated carbocycles. The van der Waals surface area contributed by atoms with Gasteiger partial charge in [-0.15, -0.1) is 0 Å². The summed E-state index contributed by atoms with van der Waals surface area (Å²) in [5.41, 5.74) is 4.07. The van der Waals surface area contributed by atoms with Gasteiger partial charge in [0.1, 0.15) is 5.65 Å². The molecule has 15 heavy (non-hydrogen) atoms. The largest absolute Gasteiger partial charge is 0.328 e. The van der Waals surface area contributed by atoms with Gasteiger partial charge in [-0.1, -0.05) is 0 Å². The minimum absolute atomic E-state index is 0.986. The van der Waals surface area contributed by atoms with Crippen molar-refractivity contribution in [1.82, 2.24) is 14.9 Å². The van der Waals surface area contributed by atoms with E-state index in [0.717, 1.165) is 31.7 Å². The summed E-state index contributed by atoms with van der Waals surface area (Å²) in [4.78, 5) is 4.49. The highest BCUT2D eigenvalue weighted by Crippen LogP contribution is 2.26. The zero-order valence-corrected chi connectivity index (χ0v) is 8.95. The summed E-state index contributed by atoms with van der Waals surface area (Å²) in [7, 11) is 0. The van der Waals surface area contributed by atoms with E-state index >= 15 is 0 Å². The molecule has 0 unspecified atom stereocenters. The predicted molar refractivity (Wildman–Crippen MR) is 60.8 cm³/mol. The fourth-order valence-corrected chi connectivity index (χ4v) is 2.54. The van der Waals surface area contributed by atoms with Gasteiger partial charge in [0.15, 0.2) is 0 Å². The average molecular weight is 201 g/mol. The van der Waals surface area contributed by atoms with E-state index in [1.54, 1.807) is 0 Å². The molecule has 0 atom stereocenters. The van der Waals surface area contributed by atoms with Crippen LogP contribution in [-0.4, -0.2) is 16.1 Å². The summed E-state index contributed by atoms with van der Waals surface area (Å²) in [6.07, 6.45) is 3.01. The fourth-order valence-electron chi connectivity index (χ4n) is 2.54. The van der Waals surface area contributed by atoms with Crippen molar-refractivity contribution in [1.29, 1.82) is 0 Å². The van der Waals surface area contributed by atoms with Crippen molar-refractivity contribution in [2.75, 3.05) is 6.54 Å². The standard InChI is InChI=1S/C12H15N3/c1-2-15-11-8-13-7-5-9(11)10-4-3-6-14-12(10)15/h3-4,6,13H,2,5,7-8H2,1H3. The van der Waals surface area contributed by atoms with Crippen LogP contribution in [0.1, 0.15) is 18.2 Å². The summed E-state index contributed by atoms with van der Waals surface area (Å²) >= 11 is 0. The lowest BCUT2D eigenvalue weighted by Gasteiger charge is -2.15. The quantitative estimate of drug-likeness (QED) is 0.761. The Hall–Kier alpha value is -1.35. The number of nitrogens with zero attached hydrogens (tertiary/aromatic N) is 2. The molecule has 78 valence electrons. The maximum Gasteiger partial charge on any atom is 0.140 e. The molecule has 3 heterocycles. The van der Waals surface area contributed by atoms with Gasteiger partial charge in [0, 0.05) is 30.4 Å². The number of hydrogen-bond donors (Lipinski definition) is 1. The molecule has 2 aromatic rings. The van der Waals surface area contributed by atoms with E-state index in [0.29, 0.717) is 0 Å². The van der Waals surface area contributed by atoms with Gasteiger partial charge in [0.25, 0.3) is 0 Å². The first-order chi connectivity index (χ1) is 7.42. The monoisotopic (exact) mass is 201 g/mol. The van der Waals surface area contributed by atoms with Gasteiger partial charge in [-0.25, -0.2) is 4.98 Å². The Morgan fingerprint density at radius 1 is 1.53 bits per heavy atom. The first-order valence-corrected chi connectivity index (χ1v) is 5.57. The Balaban J connectivity index is 2.37. The van der Waals surface area contributed by atoms with E-state index in [1.807, 2.05) is 12.3 Å². The molecular weight excluding hydrogens is 186 g/mol. The highest BCUT2D eigenvalue weighted by molar-refractivity contribution is 5.82. The SMILES string of the molecule is CCn1c2c(c3cccnc31)CCNC2. The van der Waals surface area contributed by atoms with E-state index in [1.165, 1.54) is 16.6 Å². The van der Waals surface area contributed by atoms with E-state index in [4.69, 9.17) is 0 Å². The van der Waals surface area contributed by atoms with Crippen LogP contribution in [0.3, 0.4) is 0 Å². The smallest absolute Gasteiger partial charge is 0.140 e. The second-order valence-electron chi connectivity index (χ2n) is 3.97. The maximum atomic E-state index is 4.49. The van der Waals surface area contributed by atoms with Crippen molar-refractivity contribution in [3.05, 3.63) is 29.6 Å². The van der Waals surface area contributed by atoms with Gasteiger partial charge in [-0.3, -0.25) is 0 Å². The van der Waals surface area contributed by atoms with Gasteiger partial charge >= 0.3 is 0 Å². The van der Waals surface area contributed by atoms with Gasteiger partial charge in [-0.05, 0) is 37.6 Å². The molecule has 3 rings (SSSR count). The molecule has 0 aliphatic carbocycles. The summed E-state index contributed by atoms with van der Waals surface area (Å²) in [6.45, 7) is 5.26. The van der Waals surface area contributed by atoms with Crippen molar-refractivity contribution in [3.8, 4) is 0 Å². The Morgan fingerprint density at radius 2 is 2.47 bits per heavy atom. The molecule has 1 aliphatic heterocycles. The minimum Gasteiger partial charge on any atom is -0.328 e. The summed E-state index contributed by atoms with van der Waals surface area (Å²) < 4.78 is 2.33. The van der Waals surface area contributed by atoms with E-state index in [2.05, 4.69) is 27.9 Å². The molecule has 0 bridgehead atoms. The molecule has 0 aromatic carbocycles. The number of nitrogens with one attached hydrogen (secondary N) is 1. The molecule has 1 aliphatic rings. The number of rotatable bonds is 1. The van der Waals surface area contributed by atoms with E-state index in [9.17, 15) is 0 Å². The van der Waals surface area contributed by atoms with Crippen LogP contribution in [0.25, 0.3) is 11.0 Å². The van der Waals surface area contributed by atoms with Gasteiger partial charge < -0.3 is 9.88 Å². The van der Waals surface area contributed by atoms with Crippen LogP contribution >= 0.6 is 0 Å². The maximum absolute atomic E-state index is 4.49. The van der Waals surface area contributed by atoms with E-state index < -0.39 is 0 Å². The van der Waals surface area contributed by atoms with Crippen molar-refractivity contribution < 1.29 is 0 Å². The first kappa shape index (κ1) is 8.92. The highest BCUT2D eigenvalue weighted by Gasteiger charge is 2.18. The number of pyridine rings is 1. The summed E-state index contributed by atoms with van der Waals surface area (Å²) in [6, 6.07) is 4.23. The zero-order chi connectivity index (χ0) is 10.3. The molecule has 2 aromatic heterocycles. The lowest BCUT2D eigenvalue weighted by molar-refractivity contribution is 0.595. The van der Waals surface area contributed by atoms with Crippen LogP contribution in [0.4, 0.5) is 0 Å². The minimum atomic E-state index is 0.986. The molecule has 1 N–H and O–H groups in total. The molecular formula is C12H15N3. The van der Waals surface area contributed by atoms with Crippen LogP contribution in [-0.2, 0) is 19.5 Å². The van der Waals surface area contributed by atoms with Crippen LogP contribution in [0, 0.1) is 0 Å². The lowest BCUT2D eigenvalue weighted by atomic mass is 10.1. The van der Waals surface area contributed by atoms with Crippen LogP contribution in [0.2, 0.25) is 0 Å². The zero-order valence-electron chi connectivity index (χ0n) is 8.95. The summed E-state index contributed by atoms with van der Waals surface area (Å²) in [5, 5.41) is 4.77. The van der Waals surface area contributed by atoms with Crippen molar-refractivity contribution in [2.45, 2.75) is 26.4 Å². The normalized spacial score (nSPS) is 15.5. The van der Waals surface area contributed by atoms with Crippen molar-refractivity contribution >= 4 is 11.0 Å². The molecule has 0 amide bonds. The fraction of sp³-hybridized carbons (Fsp3) is 0.417. The molecule has 3 heteroatoms.